The molecule has 3 rings (SSSR count). The Morgan fingerprint density at radius 3 is 3.07 bits per heavy atom. The summed E-state index contributed by atoms with van der Waals surface area (Å²) >= 11 is 0. The standard InChI is InChI=1S/C9H11N3O2/c13-6-3-7(14)12-5-9(1-2-9)4-10-8(12)11-6/h3,13H,1-2,4-5H2,(H,10,11). The number of rotatable bonds is 0. The summed E-state index contributed by atoms with van der Waals surface area (Å²) in [5.41, 5.74) is 0.112. The van der Waals surface area contributed by atoms with E-state index in [4.69, 9.17) is 5.11 Å². The summed E-state index contributed by atoms with van der Waals surface area (Å²) in [6.07, 6.45) is 2.35. The topological polar surface area (TPSA) is 67.1 Å². The van der Waals surface area contributed by atoms with Crippen LogP contribution in [0.4, 0.5) is 5.95 Å². The fourth-order valence-corrected chi connectivity index (χ4v) is 1.95. The fraction of sp³-hybridized carbons (Fsp3) is 0.556. The zero-order chi connectivity index (χ0) is 9.76. The molecule has 1 aliphatic heterocycles. The SMILES string of the molecule is O=c1cc(O)nc2n1CC1(CC1)CN2. The van der Waals surface area contributed by atoms with E-state index in [0.717, 1.165) is 19.2 Å². The van der Waals surface area contributed by atoms with Gasteiger partial charge in [-0.05, 0) is 12.8 Å². The molecule has 1 saturated carbocycles. The molecule has 5 nitrogen and oxygen atoms in total. The maximum Gasteiger partial charge on any atom is 0.258 e. The predicted octanol–water partition coefficient (Wildman–Crippen LogP) is 0.155. The highest BCUT2D eigenvalue weighted by Gasteiger charge is 2.45. The molecule has 14 heavy (non-hydrogen) atoms. The summed E-state index contributed by atoms with van der Waals surface area (Å²) in [5.74, 6) is 0.285. The van der Waals surface area contributed by atoms with Crippen LogP contribution in [0.5, 0.6) is 5.88 Å². The highest BCUT2D eigenvalue weighted by atomic mass is 16.3. The van der Waals surface area contributed by atoms with Gasteiger partial charge in [0.15, 0.2) is 0 Å². The Hall–Kier alpha value is -1.52. The first-order chi connectivity index (χ1) is 6.69. The average Bonchev–Trinajstić information content (AvgIpc) is 2.87. The van der Waals surface area contributed by atoms with Crippen molar-refractivity contribution in [3.8, 4) is 5.88 Å². The fourth-order valence-electron chi connectivity index (χ4n) is 1.95. The van der Waals surface area contributed by atoms with Gasteiger partial charge in [-0.3, -0.25) is 9.36 Å². The molecule has 0 atom stereocenters. The number of anilines is 1. The quantitative estimate of drug-likeness (QED) is 0.615. The lowest BCUT2D eigenvalue weighted by atomic mass is 10.1. The minimum Gasteiger partial charge on any atom is -0.493 e. The Balaban J connectivity index is 2.12. The molecule has 1 aliphatic carbocycles. The lowest BCUT2D eigenvalue weighted by Crippen LogP contribution is -2.36. The number of hydrogen-bond donors (Lipinski definition) is 2. The summed E-state index contributed by atoms with van der Waals surface area (Å²) in [4.78, 5) is 15.4. The lowest BCUT2D eigenvalue weighted by Gasteiger charge is -2.26. The van der Waals surface area contributed by atoms with Crippen LogP contribution in [0.15, 0.2) is 10.9 Å². The van der Waals surface area contributed by atoms with Gasteiger partial charge in [0.1, 0.15) is 0 Å². The van der Waals surface area contributed by atoms with Crippen molar-refractivity contribution in [3.05, 3.63) is 16.4 Å². The average molecular weight is 193 g/mol. The Labute approximate surface area is 80.4 Å². The Bertz CT molecular complexity index is 448. The normalized spacial score (nSPS) is 21.4. The second-order valence-electron chi connectivity index (χ2n) is 4.22. The van der Waals surface area contributed by atoms with Crippen LogP contribution in [0.2, 0.25) is 0 Å². The summed E-state index contributed by atoms with van der Waals surface area (Å²) in [6.45, 7) is 1.60. The van der Waals surface area contributed by atoms with E-state index in [0.29, 0.717) is 5.95 Å². The maximum absolute atomic E-state index is 11.5. The third kappa shape index (κ3) is 1.01. The van der Waals surface area contributed by atoms with Crippen LogP contribution in [-0.2, 0) is 6.54 Å². The lowest BCUT2D eigenvalue weighted by molar-refractivity contribution is 0.394. The van der Waals surface area contributed by atoms with Crippen LogP contribution >= 0.6 is 0 Å². The summed E-state index contributed by atoms with van der Waals surface area (Å²) in [6, 6.07) is 1.16. The van der Waals surface area contributed by atoms with Crippen molar-refractivity contribution < 1.29 is 5.11 Å². The number of aromatic nitrogens is 2. The first-order valence-electron chi connectivity index (χ1n) is 4.73. The van der Waals surface area contributed by atoms with Gasteiger partial charge in [0.2, 0.25) is 11.8 Å². The van der Waals surface area contributed by atoms with Crippen molar-refractivity contribution >= 4 is 5.95 Å². The minimum atomic E-state index is -0.208. The summed E-state index contributed by atoms with van der Waals surface area (Å²) in [5, 5.41) is 12.2. The number of aromatic hydroxyl groups is 1. The monoisotopic (exact) mass is 193 g/mol. The van der Waals surface area contributed by atoms with Gasteiger partial charge in [-0.25, -0.2) is 0 Å². The van der Waals surface area contributed by atoms with Crippen molar-refractivity contribution in [2.45, 2.75) is 19.4 Å². The number of nitrogens with zero attached hydrogens (tertiary/aromatic N) is 2. The van der Waals surface area contributed by atoms with E-state index in [1.807, 2.05) is 0 Å². The van der Waals surface area contributed by atoms with Gasteiger partial charge in [-0.1, -0.05) is 0 Å². The van der Waals surface area contributed by atoms with Crippen molar-refractivity contribution in [1.29, 1.82) is 0 Å². The zero-order valence-electron chi connectivity index (χ0n) is 7.66. The third-order valence-electron chi connectivity index (χ3n) is 3.07. The Morgan fingerprint density at radius 2 is 2.36 bits per heavy atom. The van der Waals surface area contributed by atoms with Crippen molar-refractivity contribution in [2.24, 2.45) is 5.41 Å². The molecule has 0 aromatic carbocycles. The molecule has 1 aromatic rings. The largest absolute Gasteiger partial charge is 0.493 e. The molecule has 2 heterocycles. The first kappa shape index (κ1) is 7.84. The van der Waals surface area contributed by atoms with E-state index in [-0.39, 0.29) is 16.9 Å². The molecule has 2 aliphatic rings. The molecule has 1 fully saturated rings. The first-order valence-corrected chi connectivity index (χ1v) is 4.73. The van der Waals surface area contributed by atoms with E-state index >= 15 is 0 Å². The smallest absolute Gasteiger partial charge is 0.258 e. The molecular formula is C9H11N3O2. The minimum absolute atomic E-state index is 0.175. The van der Waals surface area contributed by atoms with Gasteiger partial charge in [0.05, 0.1) is 6.07 Å². The van der Waals surface area contributed by atoms with Gasteiger partial charge in [0.25, 0.3) is 5.56 Å². The van der Waals surface area contributed by atoms with E-state index < -0.39 is 0 Å². The van der Waals surface area contributed by atoms with E-state index in [2.05, 4.69) is 10.3 Å². The van der Waals surface area contributed by atoms with E-state index in [9.17, 15) is 4.79 Å². The number of hydrogen-bond acceptors (Lipinski definition) is 4. The zero-order valence-corrected chi connectivity index (χ0v) is 7.66. The molecule has 74 valence electrons. The van der Waals surface area contributed by atoms with Gasteiger partial charge in [-0.15, -0.1) is 0 Å². The number of nitrogens with one attached hydrogen (secondary N) is 1. The molecule has 0 radical (unpaired) electrons. The Kier molecular flexibility index (Phi) is 1.28. The molecular weight excluding hydrogens is 182 g/mol. The van der Waals surface area contributed by atoms with Crippen molar-refractivity contribution in [2.75, 3.05) is 11.9 Å². The third-order valence-corrected chi connectivity index (χ3v) is 3.07. The summed E-state index contributed by atoms with van der Waals surface area (Å²) < 4.78 is 1.61. The second-order valence-corrected chi connectivity index (χ2v) is 4.22. The maximum atomic E-state index is 11.5. The second kappa shape index (κ2) is 2.29. The number of fused-ring (bicyclic) bond motifs is 1. The molecule has 0 amide bonds. The predicted molar refractivity (Wildman–Crippen MR) is 50.3 cm³/mol. The molecule has 5 heteroatoms. The molecule has 1 aromatic heterocycles. The molecule has 2 N–H and O–H groups in total. The molecule has 0 bridgehead atoms. The van der Waals surface area contributed by atoms with Crippen LogP contribution in [-0.4, -0.2) is 21.2 Å². The van der Waals surface area contributed by atoms with Gasteiger partial charge in [-0.2, -0.15) is 4.98 Å². The van der Waals surface area contributed by atoms with Crippen LogP contribution < -0.4 is 10.9 Å². The Morgan fingerprint density at radius 1 is 1.57 bits per heavy atom. The van der Waals surface area contributed by atoms with Crippen LogP contribution in [0.3, 0.4) is 0 Å². The summed E-state index contributed by atoms with van der Waals surface area (Å²) in [7, 11) is 0. The van der Waals surface area contributed by atoms with Crippen molar-refractivity contribution in [1.82, 2.24) is 9.55 Å². The van der Waals surface area contributed by atoms with Crippen LogP contribution in [0.1, 0.15) is 12.8 Å². The van der Waals surface area contributed by atoms with Crippen LogP contribution in [0.25, 0.3) is 0 Å². The van der Waals surface area contributed by atoms with Crippen molar-refractivity contribution in [3.63, 3.8) is 0 Å². The van der Waals surface area contributed by atoms with E-state index in [1.54, 1.807) is 4.57 Å². The van der Waals surface area contributed by atoms with Gasteiger partial charge < -0.3 is 10.4 Å². The molecule has 0 unspecified atom stereocenters. The van der Waals surface area contributed by atoms with Crippen LogP contribution in [0, 0.1) is 5.41 Å². The van der Waals surface area contributed by atoms with E-state index in [1.165, 1.54) is 12.8 Å². The molecule has 1 spiro atoms. The van der Waals surface area contributed by atoms with Gasteiger partial charge >= 0.3 is 0 Å². The highest BCUT2D eigenvalue weighted by molar-refractivity contribution is 5.33. The molecule has 0 saturated heterocycles. The highest BCUT2D eigenvalue weighted by Crippen LogP contribution is 2.48. The van der Waals surface area contributed by atoms with Gasteiger partial charge in [0, 0.05) is 18.5 Å².